The molecule has 4 aromatic rings. The third-order valence-corrected chi connectivity index (χ3v) is 5.70. The summed E-state index contributed by atoms with van der Waals surface area (Å²) in [5.41, 5.74) is -1.83. The lowest BCUT2D eigenvalue weighted by molar-refractivity contribution is -0.143. The van der Waals surface area contributed by atoms with Crippen LogP contribution >= 0.6 is 11.8 Å². The fraction of sp³-hybridized carbons (Fsp3) is 0.143. The number of hydrogen-bond donors (Lipinski definition) is 3. The standard InChI is InChI=1S/C21H15F6N7OS/c22-20(23,24)12-6-13(21(25,26)27)8-14(7-12)29-17(35)10-36-19-33-32-18(34(19)28)16-9-15(30-31-16)11-4-2-1-3-5-11/h1-9H,10,28H2,(H,29,35)(H,30,31). The predicted octanol–water partition coefficient (Wildman–Crippen LogP) is 4.82. The number of carbonyl (C=O) groups is 1. The Morgan fingerprint density at radius 3 is 2.22 bits per heavy atom. The minimum Gasteiger partial charge on any atom is -0.335 e. The highest BCUT2D eigenvalue weighted by Gasteiger charge is 2.37. The van der Waals surface area contributed by atoms with Crippen LogP contribution in [-0.4, -0.2) is 36.7 Å². The topological polar surface area (TPSA) is 115 Å². The van der Waals surface area contributed by atoms with Gasteiger partial charge in [0.15, 0.2) is 0 Å². The van der Waals surface area contributed by atoms with Crippen LogP contribution < -0.4 is 11.2 Å². The lowest BCUT2D eigenvalue weighted by Crippen LogP contribution is -2.18. The SMILES string of the molecule is Nn1c(SCC(=O)Nc2cc(C(F)(F)F)cc(C(F)(F)F)c2)nnc1-c1cc(-c2ccccc2)n[nH]1. The first kappa shape index (κ1) is 25.1. The number of nitrogens with zero attached hydrogens (tertiary/aromatic N) is 4. The fourth-order valence-electron chi connectivity index (χ4n) is 3.11. The normalized spacial score (nSPS) is 12.1. The third kappa shape index (κ3) is 5.62. The molecule has 0 unspecified atom stereocenters. The van der Waals surface area contributed by atoms with Crippen LogP contribution in [0.3, 0.4) is 0 Å². The number of carbonyl (C=O) groups excluding carboxylic acids is 1. The van der Waals surface area contributed by atoms with Gasteiger partial charge in [-0.15, -0.1) is 10.2 Å². The third-order valence-electron chi connectivity index (χ3n) is 4.76. The molecule has 4 rings (SSSR count). The number of nitrogen functional groups attached to an aromatic ring is 1. The zero-order valence-electron chi connectivity index (χ0n) is 17.9. The van der Waals surface area contributed by atoms with E-state index in [2.05, 4.69) is 20.4 Å². The molecule has 2 aromatic carbocycles. The Morgan fingerprint density at radius 2 is 1.61 bits per heavy atom. The van der Waals surface area contributed by atoms with Gasteiger partial charge in [0.05, 0.1) is 22.6 Å². The molecule has 8 nitrogen and oxygen atoms in total. The van der Waals surface area contributed by atoms with E-state index in [0.29, 0.717) is 23.5 Å². The first-order valence-corrected chi connectivity index (χ1v) is 10.9. The van der Waals surface area contributed by atoms with E-state index in [1.807, 2.05) is 35.6 Å². The van der Waals surface area contributed by atoms with Gasteiger partial charge < -0.3 is 11.2 Å². The summed E-state index contributed by atoms with van der Waals surface area (Å²) in [6.45, 7) is 0. The average Bonchev–Trinajstić information content (AvgIpc) is 3.44. The smallest absolute Gasteiger partial charge is 0.335 e. The van der Waals surface area contributed by atoms with Gasteiger partial charge in [-0.3, -0.25) is 9.89 Å². The molecule has 0 saturated carbocycles. The summed E-state index contributed by atoms with van der Waals surface area (Å²) in [7, 11) is 0. The molecule has 0 aliphatic heterocycles. The second-order valence-corrected chi connectivity index (χ2v) is 8.28. The van der Waals surface area contributed by atoms with Crippen molar-refractivity contribution in [2.75, 3.05) is 16.9 Å². The molecule has 0 aliphatic rings. The fourth-order valence-corrected chi connectivity index (χ4v) is 3.76. The lowest BCUT2D eigenvalue weighted by Gasteiger charge is -2.14. The first-order valence-electron chi connectivity index (χ1n) is 9.95. The van der Waals surface area contributed by atoms with Crippen molar-refractivity contribution in [3.8, 4) is 22.8 Å². The van der Waals surface area contributed by atoms with E-state index in [-0.39, 0.29) is 17.0 Å². The van der Waals surface area contributed by atoms with Gasteiger partial charge in [-0.25, -0.2) is 4.68 Å². The van der Waals surface area contributed by atoms with E-state index in [1.165, 1.54) is 0 Å². The van der Waals surface area contributed by atoms with Crippen LogP contribution in [0.5, 0.6) is 0 Å². The number of rotatable bonds is 6. The molecule has 0 aliphatic carbocycles. The van der Waals surface area contributed by atoms with Crippen LogP contribution in [0.25, 0.3) is 22.8 Å². The van der Waals surface area contributed by atoms with Crippen LogP contribution in [0.1, 0.15) is 11.1 Å². The molecular weight excluding hydrogens is 512 g/mol. The van der Waals surface area contributed by atoms with Crippen molar-refractivity contribution < 1.29 is 31.1 Å². The summed E-state index contributed by atoms with van der Waals surface area (Å²) in [6.07, 6.45) is -10.1. The van der Waals surface area contributed by atoms with Crippen LogP contribution in [-0.2, 0) is 17.1 Å². The molecule has 0 bridgehead atoms. The number of nitrogens with one attached hydrogen (secondary N) is 2. The number of benzene rings is 2. The quantitative estimate of drug-likeness (QED) is 0.188. The largest absolute Gasteiger partial charge is 0.416 e. The summed E-state index contributed by atoms with van der Waals surface area (Å²) < 4.78 is 79.1. The number of aromatic nitrogens is 5. The van der Waals surface area contributed by atoms with Crippen molar-refractivity contribution in [2.24, 2.45) is 0 Å². The van der Waals surface area contributed by atoms with E-state index in [9.17, 15) is 31.1 Å². The molecule has 2 heterocycles. The minimum absolute atomic E-state index is 0.0263. The van der Waals surface area contributed by atoms with Crippen molar-refractivity contribution in [1.82, 2.24) is 25.1 Å². The lowest BCUT2D eigenvalue weighted by atomic mass is 10.1. The molecule has 188 valence electrons. The van der Waals surface area contributed by atoms with E-state index >= 15 is 0 Å². The van der Waals surface area contributed by atoms with Gasteiger partial charge in [0.1, 0.15) is 5.69 Å². The second kappa shape index (κ2) is 9.56. The molecule has 2 aromatic heterocycles. The van der Waals surface area contributed by atoms with Gasteiger partial charge in [0.2, 0.25) is 16.9 Å². The highest BCUT2D eigenvalue weighted by Crippen LogP contribution is 2.37. The second-order valence-electron chi connectivity index (χ2n) is 7.34. The minimum atomic E-state index is -5.03. The summed E-state index contributed by atoms with van der Waals surface area (Å²) >= 11 is 0.786. The van der Waals surface area contributed by atoms with Gasteiger partial charge in [-0.2, -0.15) is 31.4 Å². The zero-order chi connectivity index (χ0) is 26.1. The maximum atomic E-state index is 13.0. The maximum Gasteiger partial charge on any atom is 0.416 e. The zero-order valence-corrected chi connectivity index (χ0v) is 18.7. The van der Waals surface area contributed by atoms with E-state index in [4.69, 9.17) is 5.84 Å². The van der Waals surface area contributed by atoms with Gasteiger partial charge in [-0.05, 0) is 24.3 Å². The molecule has 1 amide bonds. The number of alkyl halides is 6. The molecule has 0 fully saturated rings. The molecule has 0 radical (unpaired) electrons. The maximum absolute atomic E-state index is 13.0. The Morgan fingerprint density at radius 1 is 0.972 bits per heavy atom. The number of H-pyrrole nitrogens is 1. The Hall–Kier alpha value is -4.01. The monoisotopic (exact) mass is 527 g/mol. The van der Waals surface area contributed by atoms with Crippen molar-refractivity contribution in [1.29, 1.82) is 0 Å². The number of aromatic amines is 1. The van der Waals surface area contributed by atoms with Crippen molar-refractivity contribution in [3.63, 3.8) is 0 Å². The van der Waals surface area contributed by atoms with Gasteiger partial charge in [0.25, 0.3) is 0 Å². The molecular formula is C21H15F6N7OS. The summed E-state index contributed by atoms with van der Waals surface area (Å²) in [5, 5.41) is 16.9. The molecule has 0 saturated heterocycles. The van der Waals surface area contributed by atoms with Gasteiger partial charge >= 0.3 is 12.4 Å². The number of amides is 1. The highest BCUT2D eigenvalue weighted by molar-refractivity contribution is 7.99. The molecule has 36 heavy (non-hydrogen) atoms. The number of halogens is 6. The Bertz CT molecular complexity index is 1350. The Kier molecular flexibility index (Phi) is 6.67. The van der Waals surface area contributed by atoms with E-state index in [0.717, 1.165) is 22.0 Å². The summed E-state index contributed by atoms with van der Waals surface area (Å²) in [6, 6.07) is 11.8. The van der Waals surface area contributed by atoms with E-state index in [1.54, 1.807) is 6.07 Å². The molecule has 4 N–H and O–H groups in total. The average molecular weight is 527 g/mol. The first-order chi connectivity index (χ1) is 16.9. The predicted molar refractivity (Wildman–Crippen MR) is 119 cm³/mol. The highest BCUT2D eigenvalue weighted by atomic mass is 32.2. The molecule has 0 spiro atoms. The van der Waals surface area contributed by atoms with Crippen molar-refractivity contribution in [3.05, 3.63) is 65.7 Å². The van der Waals surface area contributed by atoms with Crippen LogP contribution in [0.15, 0.2) is 59.8 Å². The number of hydrogen-bond acceptors (Lipinski definition) is 6. The molecule has 0 atom stereocenters. The van der Waals surface area contributed by atoms with E-state index < -0.39 is 40.8 Å². The molecule has 15 heteroatoms. The number of nitrogens with two attached hydrogens (primary N) is 1. The van der Waals surface area contributed by atoms with Crippen LogP contribution in [0.2, 0.25) is 0 Å². The van der Waals surface area contributed by atoms with Crippen molar-refractivity contribution in [2.45, 2.75) is 17.5 Å². The van der Waals surface area contributed by atoms with Crippen LogP contribution in [0.4, 0.5) is 32.0 Å². The number of anilines is 1. The van der Waals surface area contributed by atoms with Gasteiger partial charge in [-0.1, -0.05) is 42.1 Å². The Labute approximate surface area is 202 Å². The summed E-state index contributed by atoms with van der Waals surface area (Å²) in [5.74, 6) is 4.91. The number of thioether (sulfide) groups is 1. The van der Waals surface area contributed by atoms with Gasteiger partial charge in [0, 0.05) is 11.3 Å². The van der Waals surface area contributed by atoms with Crippen molar-refractivity contribution >= 4 is 23.4 Å². The Balaban J connectivity index is 1.45. The van der Waals surface area contributed by atoms with Crippen LogP contribution in [0, 0.1) is 0 Å². The summed E-state index contributed by atoms with van der Waals surface area (Å²) in [4.78, 5) is 12.2.